The van der Waals surface area contributed by atoms with Crippen LogP contribution in [0.4, 0.5) is 9.59 Å². The first kappa shape index (κ1) is 22.3. The minimum Gasteiger partial charge on any atom is -0.444 e. The van der Waals surface area contributed by atoms with Gasteiger partial charge in [0.15, 0.2) is 0 Å². The third-order valence-corrected chi connectivity index (χ3v) is 3.02. The highest BCUT2D eigenvalue weighted by Gasteiger charge is 2.26. The summed E-state index contributed by atoms with van der Waals surface area (Å²) >= 11 is 0. The van der Waals surface area contributed by atoms with E-state index < -0.39 is 35.3 Å². The first-order valence-corrected chi connectivity index (χ1v) is 8.62. The van der Waals surface area contributed by atoms with Gasteiger partial charge in [0, 0.05) is 0 Å². The van der Waals surface area contributed by atoms with Gasteiger partial charge in [-0.15, -0.1) is 0 Å². The molecule has 1 atom stereocenters. The van der Waals surface area contributed by atoms with Gasteiger partial charge in [-0.3, -0.25) is 10.2 Å². The molecule has 0 aliphatic heterocycles. The highest BCUT2D eigenvalue weighted by molar-refractivity contribution is 5.88. The fourth-order valence-electron chi connectivity index (χ4n) is 1.97. The van der Waals surface area contributed by atoms with Crippen molar-refractivity contribution >= 4 is 18.1 Å². The number of amides is 3. The zero-order valence-corrected chi connectivity index (χ0v) is 16.9. The van der Waals surface area contributed by atoms with Crippen molar-refractivity contribution in [3.05, 3.63) is 35.4 Å². The lowest BCUT2D eigenvalue weighted by Crippen LogP contribution is -2.49. The average molecular weight is 379 g/mol. The van der Waals surface area contributed by atoms with Crippen LogP contribution in [0.5, 0.6) is 0 Å². The maximum atomic E-state index is 12.5. The third kappa shape index (κ3) is 8.94. The first-order valence-electron chi connectivity index (χ1n) is 8.62. The van der Waals surface area contributed by atoms with E-state index in [0.29, 0.717) is 5.56 Å². The topological polar surface area (TPSA) is 106 Å². The maximum Gasteiger partial charge on any atom is 0.426 e. The number of hydrogen-bond donors (Lipinski definition) is 3. The second kappa shape index (κ2) is 8.75. The lowest BCUT2D eigenvalue weighted by Gasteiger charge is -2.24. The van der Waals surface area contributed by atoms with Gasteiger partial charge < -0.3 is 14.8 Å². The summed E-state index contributed by atoms with van der Waals surface area (Å²) in [6, 6.07) is 5.99. The fraction of sp³-hybridized carbons (Fsp3) is 0.526. The number of hydrogen-bond acceptors (Lipinski definition) is 5. The first-order chi connectivity index (χ1) is 12.3. The zero-order valence-electron chi connectivity index (χ0n) is 16.9. The number of carbonyl (C=O) groups excluding carboxylic acids is 3. The molecular weight excluding hydrogens is 350 g/mol. The van der Waals surface area contributed by atoms with Crippen LogP contribution >= 0.6 is 0 Å². The summed E-state index contributed by atoms with van der Waals surface area (Å²) in [5.74, 6) is -0.643. The maximum absolute atomic E-state index is 12.5. The predicted octanol–water partition coefficient (Wildman–Crippen LogP) is 3.12. The normalized spacial score (nSPS) is 12.6. The highest BCUT2D eigenvalue weighted by Crippen LogP contribution is 2.16. The van der Waals surface area contributed by atoms with Crippen molar-refractivity contribution in [3.8, 4) is 0 Å². The number of aryl methyl sites for hydroxylation is 1. The molecule has 0 spiro atoms. The number of hydrazine groups is 1. The quantitative estimate of drug-likeness (QED) is 0.700. The molecule has 0 aliphatic carbocycles. The number of nitrogens with one attached hydrogen (secondary N) is 3. The van der Waals surface area contributed by atoms with Crippen LogP contribution in [0.15, 0.2) is 24.3 Å². The van der Waals surface area contributed by atoms with Crippen molar-refractivity contribution < 1.29 is 23.9 Å². The van der Waals surface area contributed by atoms with Crippen molar-refractivity contribution in [2.24, 2.45) is 0 Å². The molecule has 8 nitrogen and oxygen atoms in total. The van der Waals surface area contributed by atoms with Gasteiger partial charge in [0.2, 0.25) is 0 Å². The Morgan fingerprint density at radius 2 is 1.30 bits per heavy atom. The van der Waals surface area contributed by atoms with E-state index in [1.165, 1.54) is 0 Å². The Balaban J connectivity index is 2.87. The Morgan fingerprint density at radius 3 is 1.78 bits per heavy atom. The van der Waals surface area contributed by atoms with Gasteiger partial charge >= 0.3 is 12.2 Å². The van der Waals surface area contributed by atoms with E-state index in [-0.39, 0.29) is 0 Å². The van der Waals surface area contributed by atoms with Crippen LogP contribution in [0, 0.1) is 6.92 Å². The minimum absolute atomic E-state index is 0.537. The molecule has 27 heavy (non-hydrogen) atoms. The Hall–Kier alpha value is -2.77. The summed E-state index contributed by atoms with van der Waals surface area (Å²) in [5.41, 5.74) is 4.54. The third-order valence-electron chi connectivity index (χ3n) is 3.02. The van der Waals surface area contributed by atoms with E-state index in [1.807, 2.05) is 19.1 Å². The summed E-state index contributed by atoms with van der Waals surface area (Å²) in [6.45, 7) is 12.2. The Labute approximate surface area is 160 Å². The Morgan fingerprint density at radius 1 is 0.815 bits per heavy atom. The molecule has 8 heteroatoms. The van der Waals surface area contributed by atoms with Crippen LogP contribution < -0.4 is 16.2 Å². The van der Waals surface area contributed by atoms with E-state index in [4.69, 9.17) is 9.47 Å². The van der Waals surface area contributed by atoms with Crippen molar-refractivity contribution in [2.75, 3.05) is 0 Å². The lowest BCUT2D eigenvalue weighted by atomic mass is 10.0. The van der Waals surface area contributed by atoms with Gasteiger partial charge in [-0.2, -0.15) is 0 Å². The Bertz CT molecular complexity index is 672. The molecule has 0 aromatic heterocycles. The minimum atomic E-state index is -1.06. The van der Waals surface area contributed by atoms with Crippen LogP contribution in [0.3, 0.4) is 0 Å². The molecule has 1 aromatic carbocycles. The van der Waals surface area contributed by atoms with E-state index in [2.05, 4.69) is 16.2 Å². The molecule has 0 heterocycles. The number of alkyl carbamates (subject to hydrolysis) is 1. The van der Waals surface area contributed by atoms with Crippen LogP contribution in [0.2, 0.25) is 0 Å². The Kier molecular flexibility index (Phi) is 7.21. The monoisotopic (exact) mass is 379 g/mol. The van der Waals surface area contributed by atoms with Crippen molar-refractivity contribution in [1.29, 1.82) is 0 Å². The van der Waals surface area contributed by atoms with Gasteiger partial charge in [-0.25, -0.2) is 15.0 Å². The van der Waals surface area contributed by atoms with Crippen LogP contribution in [0.1, 0.15) is 58.7 Å². The predicted molar refractivity (Wildman–Crippen MR) is 101 cm³/mol. The van der Waals surface area contributed by atoms with E-state index >= 15 is 0 Å². The van der Waals surface area contributed by atoms with Crippen molar-refractivity contribution in [2.45, 2.75) is 65.7 Å². The van der Waals surface area contributed by atoms with Gasteiger partial charge in [0.25, 0.3) is 5.91 Å². The molecule has 3 N–H and O–H groups in total. The van der Waals surface area contributed by atoms with Gasteiger partial charge in [0.1, 0.15) is 17.2 Å². The van der Waals surface area contributed by atoms with Crippen LogP contribution in [-0.2, 0) is 14.3 Å². The number of rotatable bonds is 3. The summed E-state index contributed by atoms with van der Waals surface area (Å²) in [6.07, 6.45) is -1.56. The standard InChI is InChI=1S/C19H29N3O5/c1-12-8-10-13(11-9-12)14(20-16(24)26-18(2,3)4)15(23)21-22-17(25)27-19(5,6)7/h8-11,14H,1-7H3,(H,20,24)(H,21,23)(H,22,25). The SMILES string of the molecule is Cc1ccc(C(NC(=O)OC(C)(C)C)C(=O)NNC(=O)OC(C)(C)C)cc1. The van der Waals surface area contributed by atoms with Crippen molar-refractivity contribution in [1.82, 2.24) is 16.2 Å². The average Bonchev–Trinajstić information content (AvgIpc) is 2.48. The van der Waals surface area contributed by atoms with Gasteiger partial charge in [-0.1, -0.05) is 29.8 Å². The molecule has 0 saturated carbocycles. The molecule has 1 unspecified atom stereocenters. The second-order valence-corrected chi connectivity index (χ2v) is 8.11. The van der Waals surface area contributed by atoms with Crippen LogP contribution in [0.25, 0.3) is 0 Å². The van der Waals surface area contributed by atoms with E-state index in [1.54, 1.807) is 53.7 Å². The van der Waals surface area contributed by atoms with Gasteiger partial charge in [0.05, 0.1) is 0 Å². The summed E-state index contributed by atoms with van der Waals surface area (Å²) in [4.78, 5) is 36.4. The molecule has 1 aromatic rings. The zero-order chi connectivity index (χ0) is 20.8. The van der Waals surface area contributed by atoms with E-state index in [0.717, 1.165) is 5.56 Å². The number of carbonyl (C=O) groups is 3. The molecule has 1 rings (SSSR count). The number of benzene rings is 1. The fourth-order valence-corrected chi connectivity index (χ4v) is 1.97. The lowest BCUT2D eigenvalue weighted by molar-refractivity contribution is -0.124. The number of ether oxygens (including phenoxy) is 2. The molecule has 150 valence electrons. The molecule has 0 fully saturated rings. The molecular formula is C19H29N3O5. The summed E-state index contributed by atoms with van der Waals surface area (Å²) in [7, 11) is 0. The molecule has 0 saturated heterocycles. The molecule has 0 radical (unpaired) electrons. The van der Waals surface area contributed by atoms with Crippen molar-refractivity contribution in [3.63, 3.8) is 0 Å². The molecule has 0 aliphatic rings. The largest absolute Gasteiger partial charge is 0.444 e. The smallest absolute Gasteiger partial charge is 0.426 e. The summed E-state index contributed by atoms with van der Waals surface area (Å²) in [5, 5.41) is 2.52. The highest BCUT2D eigenvalue weighted by atomic mass is 16.6. The van der Waals surface area contributed by atoms with Crippen LogP contribution in [-0.4, -0.2) is 29.3 Å². The van der Waals surface area contributed by atoms with Gasteiger partial charge in [-0.05, 0) is 54.0 Å². The molecule has 3 amide bonds. The molecule has 0 bridgehead atoms. The summed E-state index contributed by atoms with van der Waals surface area (Å²) < 4.78 is 10.3. The second-order valence-electron chi connectivity index (χ2n) is 8.11. The van der Waals surface area contributed by atoms with E-state index in [9.17, 15) is 14.4 Å².